The average molecular weight is 306 g/mol. The number of hydrazone groups is 1. The predicted octanol–water partition coefficient (Wildman–Crippen LogP) is 0.908. The molecule has 0 aromatic heterocycles. The van der Waals surface area contributed by atoms with Crippen LogP contribution in [0.1, 0.15) is 5.56 Å². The minimum Gasteiger partial charge on any atom is -0.388 e. The van der Waals surface area contributed by atoms with E-state index in [2.05, 4.69) is 10.5 Å². The van der Waals surface area contributed by atoms with Gasteiger partial charge < -0.3 is 15.4 Å². The number of nitrogens with one attached hydrogen (secondary N) is 1. The molecule has 1 aromatic rings. The van der Waals surface area contributed by atoms with E-state index in [0.29, 0.717) is 26.3 Å². The first-order valence-corrected chi connectivity index (χ1v) is 7.06. The number of carbonyl (C=O) groups excluding carboxylic acids is 1. The van der Waals surface area contributed by atoms with Gasteiger partial charge >= 0.3 is 0 Å². The molecule has 1 aliphatic rings. The largest absolute Gasteiger partial charge is 0.388 e. The molecule has 1 fully saturated rings. The van der Waals surface area contributed by atoms with E-state index in [4.69, 9.17) is 22.7 Å². The molecule has 7 heteroatoms. The van der Waals surface area contributed by atoms with E-state index in [1.54, 1.807) is 4.90 Å². The van der Waals surface area contributed by atoms with Crippen LogP contribution >= 0.6 is 12.2 Å². The van der Waals surface area contributed by atoms with Crippen molar-refractivity contribution in [2.75, 3.05) is 31.7 Å². The predicted molar refractivity (Wildman–Crippen MR) is 86.4 cm³/mol. The summed E-state index contributed by atoms with van der Waals surface area (Å²) >= 11 is 4.93. The summed E-state index contributed by atoms with van der Waals surface area (Å²) in [6, 6.07) is 7.63. The molecule has 1 amide bonds. The zero-order chi connectivity index (χ0) is 15.2. The first kappa shape index (κ1) is 15.4. The van der Waals surface area contributed by atoms with Gasteiger partial charge in [-0.15, -0.1) is 0 Å². The van der Waals surface area contributed by atoms with Crippen molar-refractivity contribution < 1.29 is 9.53 Å². The highest BCUT2D eigenvalue weighted by atomic mass is 32.1. The van der Waals surface area contributed by atoms with E-state index >= 15 is 0 Å². The van der Waals surface area contributed by atoms with Crippen LogP contribution in [-0.4, -0.2) is 47.8 Å². The minimum absolute atomic E-state index is 0.0221. The van der Waals surface area contributed by atoms with Crippen LogP contribution in [0.5, 0.6) is 0 Å². The van der Waals surface area contributed by atoms with Crippen LogP contribution in [0.4, 0.5) is 5.69 Å². The first-order valence-electron chi connectivity index (χ1n) is 6.65. The zero-order valence-electron chi connectivity index (χ0n) is 11.8. The Hall–Kier alpha value is -1.99. The van der Waals surface area contributed by atoms with Crippen LogP contribution in [0.15, 0.2) is 29.4 Å². The number of rotatable bonds is 4. The fourth-order valence-electron chi connectivity index (χ4n) is 1.87. The summed E-state index contributed by atoms with van der Waals surface area (Å²) < 4.78 is 5.22. The molecule has 0 radical (unpaired) electrons. The number of nitrogens with zero attached hydrogens (tertiary/aromatic N) is 2. The second-order valence-corrected chi connectivity index (χ2v) is 5.15. The highest BCUT2D eigenvalue weighted by molar-refractivity contribution is 7.82. The molecule has 0 unspecified atom stereocenters. The van der Waals surface area contributed by atoms with Gasteiger partial charge in [0.05, 0.1) is 18.9 Å². The Morgan fingerprint density at radius 1 is 1.33 bits per heavy atom. The summed E-state index contributed by atoms with van der Waals surface area (Å²) in [4.78, 5) is 14.0. The van der Waals surface area contributed by atoms with Gasteiger partial charge in [0.25, 0.3) is 5.91 Å². The summed E-state index contributed by atoms with van der Waals surface area (Å²) in [5.74, 6) is -0.273. The van der Waals surface area contributed by atoms with Crippen LogP contribution < -0.4 is 11.2 Å². The van der Waals surface area contributed by atoms with Gasteiger partial charge in [-0.25, -0.2) is 0 Å². The average Bonchev–Trinajstić information content (AvgIpc) is 2.49. The molecule has 0 aliphatic carbocycles. The van der Waals surface area contributed by atoms with Gasteiger partial charge in [-0.1, -0.05) is 29.9 Å². The van der Waals surface area contributed by atoms with Crippen molar-refractivity contribution in [2.24, 2.45) is 10.8 Å². The third-order valence-electron chi connectivity index (χ3n) is 3.08. The smallest absolute Gasteiger partial charge is 0.277 e. The van der Waals surface area contributed by atoms with Gasteiger partial charge in [0.15, 0.2) is 5.71 Å². The van der Waals surface area contributed by atoms with Crippen LogP contribution in [0.25, 0.3) is 0 Å². The molecule has 6 nitrogen and oxygen atoms in total. The Bertz CT molecular complexity index is 551. The minimum atomic E-state index is -0.273. The van der Waals surface area contributed by atoms with Crippen LogP contribution in [0.3, 0.4) is 0 Å². The Kier molecular flexibility index (Phi) is 5.24. The third-order valence-corrected chi connectivity index (χ3v) is 3.28. The monoisotopic (exact) mass is 306 g/mol. The van der Waals surface area contributed by atoms with Crippen molar-refractivity contribution in [1.82, 2.24) is 4.90 Å². The van der Waals surface area contributed by atoms with Crippen molar-refractivity contribution in [2.45, 2.75) is 6.92 Å². The third kappa shape index (κ3) is 4.24. The lowest BCUT2D eigenvalue weighted by Gasteiger charge is -2.26. The SMILES string of the molecule is Cc1ccc(N/N=C(\C(=O)N2CCOCC2)C(N)=S)cc1. The lowest BCUT2D eigenvalue weighted by molar-refractivity contribution is -0.127. The maximum Gasteiger partial charge on any atom is 0.277 e. The molecule has 0 spiro atoms. The van der Waals surface area contributed by atoms with E-state index in [0.717, 1.165) is 11.3 Å². The maximum absolute atomic E-state index is 12.3. The van der Waals surface area contributed by atoms with Crippen molar-refractivity contribution in [3.63, 3.8) is 0 Å². The van der Waals surface area contributed by atoms with Gasteiger partial charge in [0.2, 0.25) is 0 Å². The first-order chi connectivity index (χ1) is 10.1. The summed E-state index contributed by atoms with van der Waals surface area (Å²) in [5.41, 5.74) is 10.4. The Morgan fingerprint density at radius 3 is 2.52 bits per heavy atom. The van der Waals surface area contributed by atoms with Gasteiger partial charge in [-0.2, -0.15) is 5.10 Å². The fraction of sp³-hybridized carbons (Fsp3) is 0.357. The van der Waals surface area contributed by atoms with E-state index < -0.39 is 0 Å². The molecule has 112 valence electrons. The van der Waals surface area contributed by atoms with E-state index in [1.165, 1.54) is 0 Å². The van der Waals surface area contributed by atoms with E-state index in [-0.39, 0.29) is 16.6 Å². The summed E-state index contributed by atoms with van der Waals surface area (Å²) in [7, 11) is 0. The molecule has 1 aromatic carbocycles. The second kappa shape index (κ2) is 7.14. The number of carbonyl (C=O) groups is 1. The van der Waals surface area contributed by atoms with Gasteiger partial charge in [0, 0.05) is 13.1 Å². The molecule has 0 bridgehead atoms. The highest BCUT2D eigenvalue weighted by Gasteiger charge is 2.23. The van der Waals surface area contributed by atoms with Gasteiger partial charge in [-0.05, 0) is 19.1 Å². The number of anilines is 1. The normalized spacial score (nSPS) is 15.7. The zero-order valence-corrected chi connectivity index (χ0v) is 12.7. The number of benzene rings is 1. The number of amides is 1. The number of nitrogens with two attached hydrogens (primary N) is 1. The number of morpholine rings is 1. The molecule has 21 heavy (non-hydrogen) atoms. The van der Waals surface area contributed by atoms with Crippen LogP contribution in [0, 0.1) is 6.92 Å². The highest BCUT2D eigenvalue weighted by Crippen LogP contribution is 2.09. The molecule has 0 atom stereocenters. The molecule has 0 saturated carbocycles. The Balaban J connectivity index is 2.10. The van der Waals surface area contributed by atoms with Crippen molar-refractivity contribution in [3.05, 3.63) is 29.8 Å². The van der Waals surface area contributed by atoms with Crippen LogP contribution in [-0.2, 0) is 9.53 Å². The van der Waals surface area contributed by atoms with E-state index in [1.807, 2.05) is 31.2 Å². The second-order valence-electron chi connectivity index (χ2n) is 4.71. The molecule has 1 saturated heterocycles. The topological polar surface area (TPSA) is 80.0 Å². The number of thiocarbonyl (C=S) groups is 1. The summed E-state index contributed by atoms with van der Waals surface area (Å²) in [6.45, 7) is 4.06. The molecular formula is C14H18N4O2S. The molecule has 2 rings (SSSR count). The van der Waals surface area contributed by atoms with Gasteiger partial charge in [0.1, 0.15) is 4.99 Å². The molecule has 1 heterocycles. The van der Waals surface area contributed by atoms with Crippen molar-refractivity contribution in [3.8, 4) is 0 Å². The lowest BCUT2D eigenvalue weighted by atomic mass is 10.2. The molecule has 3 N–H and O–H groups in total. The number of ether oxygens (including phenoxy) is 1. The number of hydrogen-bond donors (Lipinski definition) is 2. The standard InChI is InChI=1S/C14H18N4O2S/c1-10-2-4-11(5-3-10)16-17-12(13(15)21)14(19)18-6-8-20-9-7-18/h2-5,16H,6-9H2,1H3,(H2,15,21)/b17-12-. The fourth-order valence-corrected chi connectivity index (χ4v) is 2.01. The Labute approximate surface area is 128 Å². The summed E-state index contributed by atoms with van der Waals surface area (Å²) in [5, 5.41) is 4.07. The molecule has 1 aliphatic heterocycles. The van der Waals surface area contributed by atoms with Crippen molar-refractivity contribution in [1.29, 1.82) is 0 Å². The quantitative estimate of drug-likeness (QED) is 0.491. The summed E-state index contributed by atoms with van der Waals surface area (Å²) in [6.07, 6.45) is 0. The Morgan fingerprint density at radius 2 is 1.95 bits per heavy atom. The maximum atomic E-state index is 12.3. The number of hydrogen-bond acceptors (Lipinski definition) is 5. The molecular weight excluding hydrogens is 288 g/mol. The van der Waals surface area contributed by atoms with Crippen LogP contribution in [0.2, 0.25) is 0 Å². The lowest BCUT2D eigenvalue weighted by Crippen LogP contribution is -2.47. The number of aryl methyl sites for hydroxylation is 1. The van der Waals surface area contributed by atoms with E-state index in [9.17, 15) is 4.79 Å². The van der Waals surface area contributed by atoms with Crippen molar-refractivity contribution >= 4 is 34.5 Å². The van der Waals surface area contributed by atoms with Gasteiger partial charge in [-0.3, -0.25) is 10.2 Å².